The lowest BCUT2D eigenvalue weighted by atomic mass is 10.4. The minimum Gasteiger partial charge on any atom is -0.468 e. The Kier molecular flexibility index (Phi) is 4.02. The molecule has 80 valence electrons. The van der Waals surface area contributed by atoms with E-state index in [9.17, 15) is 0 Å². The molecule has 0 radical (unpaired) electrons. The fraction of sp³-hybridized carbons (Fsp3) is 0.200. The number of hydrogen-bond donors (Lipinski definition) is 1. The van der Waals surface area contributed by atoms with Gasteiger partial charge in [0.2, 0.25) is 0 Å². The van der Waals surface area contributed by atoms with Crippen molar-refractivity contribution >= 4 is 43.2 Å². The first kappa shape index (κ1) is 11.4. The van der Waals surface area contributed by atoms with Crippen molar-refractivity contribution in [2.45, 2.75) is 13.1 Å². The third-order valence-corrected chi connectivity index (χ3v) is 5.13. The van der Waals surface area contributed by atoms with E-state index in [2.05, 4.69) is 43.2 Å². The van der Waals surface area contributed by atoms with E-state index in [4.69, 9.17) is 4.42 Å². The van der Waals surface area contributed by atoms with Crippen LogP contribution in [0.3, 0.4) is 0 Å². The Balaban J connectivity index is 1.83. The molecular formula is C10H9Br2NOS. The molecule has 2 heterocycles. The Hall–Kier alpha value is -0.100. The highest BCUT2D eigenvalue weighted by atomic mass is 79.9. The summed E-state index contributed by atoms with van der Waals surface area (Å²) in [6.07, 6.45) is 1.69. The average Bonchev–Trinajstić information content (AvgIpc) is 2.79. The molecule has 0 aliphatic carbocycles. The van der Waals surface area contributed by atoms with E-state index in [-0.39, 0.29) is 0 Å². The molecule has 0 saturated carbocycles. The highest BCUT2D eigenvalue weighted by Crippen LogP contribution is 2.32. The van der Waals surface area contributed by atoms with Crippen molar-refractivity contribution in [3.05, 3.63) is 43.4 Å². The van der Waals surface area contributed by atoms with Crippen molar-refractivity contribution in [2.75, 3.05) is 0 Å². The SMILES string of the molecule is Brc1cc(CNCc2ccco2)sc1Br. The van der Waals surface area contributed by atoms with E-state index in [0.717, 1.165) is 27.1 Å². The predicted octanol–water partition coefficient (Wildman–Crippen LogP) is 4.16. The van der Waals surface area contributed by atoms with Crippen LogP contribution in [0, 0.1) is 0 Å². The van der Waals surface area contributed by atoms with Crippen LogP contribution >= 0.6 is 43.2 Å². The summed E-state index contributed by atoms with van der Waals surface area (Å²) in [5.41, 5.74) is 0. The summed E-state index contributed by atoms with van der Waals surface area (Å²) in [7, 11) is 0. The van der Waals surface area contributed by atoms with Crippen molar-refractivity contribution < 1.29 is 4.42 Å². The first-order chi connectivity index (χ1) is 7.25. The van der Waals surface area contributed by atoms with E-state index >= 15 is 0 Å². The molecule has 0 unspecified atom stereocenters. The summed E-state index contributed by atoms with van der Waals surface area (Å²) in [4.78, 5) is 1.29. The van der Waals surface area contributed by atoms with Gasteiger partial charge in [-0.1, -0.05) is 0 Å². The summed E-state index contributed by atoms with van der Waals surface area (Å²) < 4.78 is 7.47. The standard InChI is InChI=1S/C10H9Br2NOS/c11-9-4-8(15-10(9)12)6-13-5-7-2-1-3-14-7/h1-4,13H,5-6H2. The Morgan fingerprint density at radius 3 is 2.80 bits per heavy atom. The second-order valence-electron chi connectivity index (χ2n) is 3.02. The van der Waals surface area contributed by atoms with E-state index in [1.54, 1.807) is 17.6 Å². The summed E-state index contributed by atoms with van der Waals surface area (Å²) in [6, 6.07) is 5.98. The van der Waals surface area contributed by atoms with Crippen LogP contribution in [-0.4, -0.2) is 0 Å². The molecule has 2 aromatic heterocycles. The van der Waals surface area contributed by atoms with Gasteiger partial charge in [0.15, 0.2) is 0 Å². The van der Waals surface area contributed by atoms with Gasteiger partial charge in [-0.25, -0.2) is 0 Å². The largest absolute Gasteiger partial charge is 0.468 e. The van der Waals surface area contributed by atoms with Gasteiger partial charge in [-0.05, 0) is 50.1 Å². The van der Waals surface area contributed by atoms with Gasteiger partial charge in [-0.2, -0.15) is 0 Å². The Labute approximate surface area is 109 Å². The molecule has 0 aliphatic rings. The monoisotopic (exact) mass is 349 g/mol. The number of furan rings is 1. The van der Waals surface area contributed by atoms with Crippen LogP contribution < -0.4 is 5.32 Å². The second-order valence-corrected chi connectivity index (χ2v) is 6.33. The fourth-order valence-corrected chi connectivity index (χ4v) is 3.35. The third kappa shape index (κ3) is 3.17. The van der Waals surface area contributed by atoms with Crippen molar-refractivity contribution in [1.29, 1.82) is 0 Å². The van der Waals surface area contributed by atoms with Crippen LogP contribution in [0.15, 0.2) is 37.1 Å². The molecule has 0 atom stereocenters. The molecule has 0 spiro atoms. The lowest BCUT2D eigenvalue weighted by Gasteiger charge is -1.99. The van der Waals surface area contributed by atoms with Crippen LogP contribution in [0.25, 0.3) is 0 Å². The Morgan fingerprint density at radius 1 is 1.33 bits per heavy atom. The van der Waals surface area contributed by atoms with Crippen LogP contribution in [-0.2, 0) is 13.1 Å². The average molecular weight is 351 g/mol. The zero-order valence-electron chi connectivity index (χ0n) is 7.80. The lowest BCUT2D eigenvalue weighted by Crippen LogP contribution is -2.10. The first-order valence-electron chi connectivity index (χ1n) is 4.42. The minimum absolute atomic E-state index is 0.764. The zero-order chi connectivity index (χ0) is 10.7. The van der Waals surface area contributed by atoms with Crippen molar-refractivity contribution in [3.63, 3.8) is 0 Å². The summed E-state index contributed by atoms with van der Waals surface area (Å²) in [6.45, 7) is 1.62. The Morgan fingerprint density at radius 2 is 2.20 bits per heavy atom. The number of thiophene rings is 1. The second kappa shape index (κ2) is 5.30. The van der Waals surface area contributed by atoms with Crippen LogP contribution in [0.1, 0.15) is 10.6 Å². The van der Waals surface area contributed by atoms with Crippen molar-refractivity contribution in [1.82, 2.24) is 5.32 Å². The number of rotatable bonds is 4. The molecule has 15 heavy (non-hydrogen) atoms. The van der Waals surface area contributed by atoms with Gasteiger partial charge in [0, 0.05) is 15.9 Å². The maximum atomic E-state index is 5.22. The number of nitrogens with one attached hydrogen (secondary N) is 1. The molecule has 2 aromatic rings. The van der Waals surface area contributed by atoms with Gasteiger partial charge in [0.25, 0.3) is 0 Å². The molecule has 2 rings (SSSR count). The van der Waals surface area contributed by atoms with E-state index < -0.39 is 0 Å². The van der Waals surface area contributed by atoms with Gasteiger partial charge in [-0.15, -0.1) is 11.3 Å². The Bertz CT molecular complexity index is 405. The van der Waals surface area contributed by atoms with Gasteiger partial charge >= 0.3 is 0 Å². The van der Waals surface area contributed by atoms with Crippen LogP contribution in [0.4, 0.5) is 0 Å². The smallest absolute Gasteiger partial charge is 0.117 e. The molecule has 0 saturated heterocycles. The molecule has 1 N–H and O–H groups in total. The molecule has 0 aromatic carbocycles. The number of halogens is 2. The molecule has 0 amide bonds. The maximum Gasteiger partial charge on any atom is 0.117 e. The highest BCUT2D eigenvalue weighted by molar-refractivity contribution is 9.13. The van der Waals surface area contributed by atoms with Crippen LogP contribution in [0.2, 0.25) is 0 Å². The zero-order valence-corrected chi connectivity index (χ0v) is 11.8. The molecule has 0 aliphatic heterocycles. The fourth-order valence-electron chi connectivity index (χ4n) is 1.20. The molecule has 0 bridgehead atoms. The molecular weight excluding hydrogens is 342 g/mol. The van der Waals surface area contributed by atoms with Gasteiger partial charge in [0.05, 0.1) is 16.6 Å². The normalized spacial score (nSPS) is 10.8. The maximum absolute atomic E-state index is 5.22. The summed E-state index contributed by atoms with van der Waals surface area (Å²) in [5.74, 6) is 0.963. The minimum atomic E-state index is 0.764. The van der Waals surface area contributed by atoms with Gasteiger partial charge < -0.3 is 9.73 Å². The highest BCUT2D eigenvalue weighted by Gasteiger charge is 2.03. The summed E-state index contributed by atoms with van der Waals surface area (Å²) >= 11 is 8.66. The van der Waals surface area contributed by atoms with E-state index in [1.165, 1.54) is 4.88 Å². The van der Waals surface area contributed by atoms with Gasteiger partial charge in [0.1, 0.15) is 5.76 Å². The third-order valence-electron chi connectivity index (χ3n) is 1.87. The molecule has 2 nitrogen and oxygen atoms in total. The van der Waals surface area contributed by atoms with Gasteiger partial charge in [-0.3, -0.25) is 0 Å². The van der Waals surface area contributed by atoms with Crippen molar-refractivity contribution in [2.24, 2.45) is 0 Å². The number of hydrogen-bond acceptors (Lipinski definition) is 3. The first-order valence-corrected chi connectivity index (χ1v) is 6.83. The van der Waals surface area contributed by atoms with Crippen molar-refractivity contribution in [3.8, 4) is 0 Å². The quantitative estimate of drug-likeness (QED) is 0.895. The van der Waals surface area contributed by atoms with Crippen LogP contribution in [0.5, 0.6) is 0 Å². The summed E-state index contributed by atoms with van der Waals surface area (Å²) in [5, 5.41) is 3.32. The predicted molar refractivity (Wildman–Crippen MR) is 69.0 cm³/mol. The molecule has 0 fully saturated rings. The van der Waals surface area contributed by atoms with E-state index in [1.807, 2.05) is 12.1 Å². The topological polar surface area (TPSA) is 25.2 Å². The van der Waals surface area contributed by atoms with E-state index in [0.29, 0.717) is 0 Å². The molecule has 5 heteroatoms. The lowest BCUT2D eigenvalue weighted by molar-refractivity contribution is 0.483.